The molecule has 0 spiro atoms. The van der Waals surface area contributed by atoms with Crippen molar-refractivity contribution in [1.29, 1.82) is 0 Å². The van der Waals surface area contributed by atoms with Crippen molar-refractivity contribution in [1.82, 2.24) is 15.3 Å². The van der Waals surface area contributed by atoms with Crippen LogP contribution < -0.4 is 10.2 Å². The molecule has 5 nitrogen and oxygen atoms in total. The summed E-state index contributed by atoms with van der Waals surface area (Å²) in [6.07, 6.45) is 6.60. The van der Waals surface area contributed by atoms with Gasteiger partial charge in [0.1, 0.15) is 5.76 Å². The van der Waals surface area contributed by atoms with E-state index in [4.69, 9.17) is 4.42 Å². The fourth-order valence-corrected chi connectivity index (χ4v) is 1.95. The van der Waals surface area contributed by atoms with E-state index in [1.807, 2.05) is 37.3 Å². The van der Waals surface area contributed by atoms with E-state index in [1.54, 1.807) is 6.26 Å². The number of nitrogens with zero attached hydrogens (tertiary/aromatic N) is 3. The van der Waals surface area contributed by atoms with Crippen LogP contribution in [0.5, 0.6) is 0 Å². The maximum Gasteiger partial charge on any atom is 0.225 e. The predicted molar refractivity (Wildman–Crippen MR) is 79.6 cm³/mol. The van der Waals surface area contributed by atoms with Gasteiger partial charge >= 0.3 is 0 Å². The lowest BCUT2D eigenvalue weighted by molar-refractivity contribution is 0.529. The summed E-state index contributed by atoms with van der Waals surface area (Å²) in [4.78, 5) is 10.8. The number of anilines is 1. The SMILES string of the molecule is CCCNCc1cnc(N(C)Cc2ccoc2C)nc1. The lowest BCUT2D eigenvalue weighted by atomic mass is 10.2. The normalized spacial score (nSPS) is 10.8. The summed E-state index contributed by atoms with van der Waals surface area (Å²) >= 11 is 0. The van der Waals surface area contributed by atoms with Crippen LogP contribution in [0.15, 0.2) is 29.1 Å². The van der Waals surface area contributed by atoms with E-state index >= 15 is 0 Å². The number of aryl methyl sites for hydroxylation is 1. The molecule has 0 amide bonds. The van der Waals surface area contributed by atoms with Crippen LogP contribution in [0.25, 0.3) is 0 Å². The van der Waals surface area contributed by atoms with E-state index in [0.717, 1.165) is 48.9 Å². The lowest BCUT2D eigenvalue weighted by Crippen LogP contribution is -2.20. The Kier molecular flexibility index (Phi) is 5.12. The lowest BCUT2D eigenvalue weighted by Gasteiger charge is -2.16. The van der Waals surface area contributed by atoms with Gasteiger partial charge in [-0.15, -0.1) is 0 Å². The van der Waals surface area contributed by atoms with Crippen molar-refractivity contribution < 1.29 is 4.42 Å². The standard InChI is InChI=1S/C15H22N4O/c1-4-6-16-8-13-9-17-15(18-10-13)19(3)11-14-5-7-20-12(14)2/h5,7,9-10,16H,4,6,8,11H2,1-3H3. The predicted octanol–water partition coefficient (Wildman–Crippen LogP) is 2.51. The van der Waals surface area contributed by atoms with E-state index in [1.165, 1.54) is 0 Å². The minimum absolute atomic E-state index is 0.727. The van der Waals surface area contributed by atoms with Gasteiger partial charge in [-0.25, -0.2) is 9.97 Å². The quantitative estimate of drug-likeness (QED) is 0.786. The van der Waals surface area contributed by atoms with Gasteiger partial charge in [0.15, 0.2) is 0 Å². The average molecular weight is 274 g/mol. The van der Waals surface area contributed by atoms with E-state index < -0.39 is 0 Å². The summed E-state index contributed by atoms with van der Waals surface area (Å²) in [6.45, 7) is 6.70. The van der Waals surface area contributed by atoms with Crippen molar-refractivity contribution in [2.75, 3.05) is 18.5 Å². The first-order valence-electron chi connectivity index (χ1n) is 6.96. The van der Waals surface area contributed by atoms with Gasteiger partial charge in [0.05, 0.1) is 6.26 Å². The zero-order valence-electron chi connectivity index (χ0n) is 12.4. The Morgan fingerprint density at radius 2 is 2.05 bits per heavy atom. The molecule has 0 unspecified atom stereocenters. The molecule has 2 rings (SSSR count). The van der Waals surface area contributed by atoms with Crippen molar-refractivity contribution in [3.8, 4) is 0 Å². The Morgan fingerprint density at radius 1 is 1.30 bits per heavy atom. The molecular formula is C15H22N4O. The zero-order chi connectivity index (χ0) is 14.4. The van der Waals surface area contributed by atoms with Gasteiger partial charge in [-0.05, 0) is 26.0 Å². The Balaban J connectivity index is 1.93. The van der Waals surface area contributed by atoms with Gasteiger partial charge in [0, 0.05) is 43.7 Å². The van der Waals surface area contributed by atoms with Crippen molar-refractivity contribution in [3.05, 3.63) is 41.6 Å². The third-order valence-electron chi connectivity index (χ3n) is 3.16. The highest BCUT2D eigenvalue weighted by atomic mass is 16.3. The molecule has 0 aromatic carbocycles. The highest BCUT2D eigenvalue weighted by Gasteiger charge is 2.08. The summed E-state index contributed by atoms with van der Waals surface area (Å²) in [7, 11) is 1.98. The van der Waals surface area contributed by atoms with Crippen LogP contribution in [-0.4, -0.2) is 23.6 Å². The number of rotatable bonds is 7. The number of hydrogen-bond acceptors (Lipinski definition) is 5. The first-order chi connectivity index (χ1) is 9.70. The zero-order valence-corrected chi connectivity index (χ0v) is 12.4. The Labute approximate surface area is 120 Å². The smallest absolute Gasteiger partial charge is 0.225 e. The van der Waals surface area contributed by atoms with Crippen LogP contribution >= 0.6 is 0 Å². The summed E-state index contributed by atoms with van der Waals surface area (Å²) in [5.41, 5.74) is 2.26. The molecule has 0 aliphatic rings. The average Bonchev–Trinajstić information content (AvgIpc) is 2.85. The summed E-state index contributed by atoms with van der Waals surface area (Å²) in [6, 6.07) is 1.98. The van der Waals surface area contributed by atoms with Crippen molar-refractivity contribution in [2.45, 2.75) is 33.4 Å². The number of aromatic nitrogens is 2. The Morgan fingerprint density at radius 3 is 2.65 bits per heavy atom. The van der Waals surface area contributed by atoms with Gasteiger partial charge < -0.3 is 14.6 Å². The molecule has 1 N–H and O–H groups in total. The van der Waals surface area contributed by atoms with E-state index in [2.05, 4.69) is 22.2 Å². The third kappa shape index (κ3) is 3.81. The molecule has 0 atom stereocenters. The Bertz CT molecular complexity index is 521. The van der Waals surface area contributed by atoms with Gasteiger partial charge in [-0.2, -0.15) is 0 Å². The van der Waals surface area contributed by atoms with Crippen LogP contribution in [0.2, 0.25) is 0 Å². The molecule has 5 heteroatoms. The van der Waals surface area contributed by atoms with Crippen LogP contribution in [0.1, 0.15) is 30.2 Å². The molecule has 108 valence electrons. The number of hydrogen-bond donors (Lipinski definition) is 1. The fraction of sp³-hybridized carbons (Fsp3) is 0.467. The van der Waals surface area contributed by atoms with Crippen molar-refractivity contribution >= 4 is 5.95 Å². The maximum absolute atomic E-state index is 5.30. The largest absolute Gasteiger partial charge is 0.469 e. The van der Waals surface area contributed by atoms with Gasteiger partial charge in [0.2, 0.25) is 5.95 Å². The molecule has 20 heavy (non-hydrogen) atoms. The van der Waals surface area contributed by atoms with E-state index in [-0.39, 0.29) is 0 Å². The molecule has 0 aliphatic heterocycles. The summed E-state index contributed by atoms with van der Waals surface area (Å²) < 4.78 is 5.30. The number of nitrogens with one attached hydrogen (secondary N) is 1. The fourth-order valence-electron chi connectivity index (χ4n) is 1.95. The van der Waals surface area contributed by atoms with Crippen LogP contribution in [0, 0.1) is 6.92 Å². The summed E-state index contributed by atoms with van der Waals surface area (Å²) in [5, 5.41) is 3.34. The van der Waals surface area contributed by atoms with Crippen LogP contribution in [0.4, 0.5) is 5.95 Å². The molecule has 0 aliphatic carbocycles. The van der Waals surface area contributed by atoms with Gasteiger partial charge in [-0.3, -0.25) is 0 Å². The van der Waals surface area contributed by atoms with Crippen LogP contribution in [0.3, 0.4) is 0 Å². The minimum Gasteiger partial charge on any atom is -0.469 e. The highest BCUT2D eigenvalue weighted by Crippen LogP contribution is 2.14. The molecule has 2 aromatic heterocycles. The number of furan rings is 1. The maximum atomic E-state index is 5.30. The minimum atomic E-state index is 0.727. The monoisotopic (exact) mass is 274 g/mol. The first-order valence-corrected chi connectivity index (χ1v) is 6.96. The van der Waals surface area contributed by atoms with Crippen molar-refractivity contribution in [3.63, 3.8) is 0 Å². The molecular weight excluding hydrogens is 252 g/mol. The second-order valence-corrected chi connectivity index (χ2v) is 4.93. The topological polar surface area (TPSA) is 54.2 Å². The molecule has 0 saturated carbocycles. The first kappa shape index (κ1) is 14.5. The molecule has 0 saturated heterocycles. The van der Waals surface area contributed by atoms with Crippen LogP contribution in [-0.2, 0) is 13.1 Å². The van der Waals surface area contributed by atoms with Gasteiger partial charge in [0.25, 0.3) is 0 Å². The van der Waals surface area contributed by atoms with E-state index in [0.29, 0.717) is 0 Å². The third-order valence-corrected chi connectivity index (χ3v) is 3.16. The van der Waals surface area contributed by atoms with Gasteiger partial charge in [-0.1, -0.05) is 6.92 Å². The summed E-state index contributed by atoms with van der Waals surface area (Å²) in [5.74, 6) is 1.67. The molecule has 0 bridgehead atoms. The Hall–Kier alpha value is -1.88. The van der Waals surface area contributed by atoms with Crippen molar-refractivity contribution in [2.24, 2.45) is 0 Å². The highest BCUT2D eigenvalue weighted by molar-refractivity contribution is 5.31. The van der Waals surface area contributed by atoms with E-state index in [9.17, 15) is 0 Å². The molecule has 0 radical (unpaired) electrons. The second kappa shape index (κ2) is 7.05. The molecule has 2 aromatic rings. The second-order valence-electron chi connectivity index (χ2n) is 4.93. The molecule has 0 fully saturated rings. The molecule has 2 heterocycles.